The van der Waals surface area contributed by atoms with E-state index in [-0.39, 0.29) is 30.5 Å². The number of fused-ring (bicyclic) bond motifs is 4. The summed E-state index contributed by atoms with van der Waals surface area (Å²) in [5.41, 5.74) is 5.17. The molecule has 2 aromatic carbocycles. The van der Waals surface area contributed by atoms with Crippen molar-refractivity contribution in [2.75, 3.05) is 12.4 Å². The van der Waals surface area contributed by atoms with E-state index < -0.39 is 11.9 Å². The SMILES string of the molecule is CNC(=O)C1Cc2c([nH]c3cccc(F)c23)CN1C(=O)c1occc1CNc1ccc2nsnc2c1. The first-order valence-corrected chi connectivity index (χ1v) is 12.1. The topological polar surface area (TPSA) is 116 Å². The maximum Gasteiger partial charge on any atom is 0.290 e. The largest absolute Gasteiger partial charge is 0.459 e. The molecule has 0 bridgehead atoms. The Morgan fingerprint density at radius 3 is 2.94 bits per heavy atom. The van der Waals surface area contributed by atoms with Crippen molar-refractivity contribution in [1.82, 2.24) is 23.9 Å². The number of aromatic nitrogens is 3. The highest BCUT2D eigenvalue weighted by atomic mass is 32.1. The smallest absolute Gasteiger partial charge is 0.290 e. The molecule has 6 rings (SSSR count). The molecule has 1 aliphatic rings. The number of amides is 2. The molecule has 0 radical (unpaired) electrons. The van der Waals surface area contributed by atoms with Crippen LogP contribution in [0.15, 0.2) is 53.1 Å². The van der Waals surface area contributed by atoms with Gasteiger partial charge in [0, 0.05) is 47.9 Å². The number of benzene rings is 2. The molecule has 3 aromatic heterocycles. The number of hydrogen-bond acceptors (Lipinski definition) is 7. The molecule has 1 aliphatic heterocycles. The normalized spacial score (nSPS) is 15.3. The second kappa shape index (κ2) is 8.76. The molecular weight excluding hydrogens is 483 g/mol. The summed E-state index contributed by atoms with van der Waals surface area (Å²) in [7, 11) is 1.52. The van der Waals surface area contributed by atoms with Crippen LogP contribution in [0.5, 0.6) is 0 Å². The van der Waals surface area contributed by atoms with Crippen molar-refractivity contribution in [2.24, 2.45) is 0 Å². The van der Waals surface area contributed by atoms with Crippen molar-refractivity contribution in [3.05, 3.63) is 77.1 Å². The van der Waals surface area contributed by atoms with Crippen molar-refractivity contribution in [3.63, 3.8) is 0 Å². The maximum absolute atomic E-state index is 14.6. The molecule has 36 heavy (non-hydrogen) atoms. The highest BCUT2D eigenvalue weighted by molar-refractivity contribution is 7.00. The van der Waals surface area contributed by atoms with E-state index in [0.29, 0.717) is 34.3 Å². The molecule has 0 fully saturated rings. The van der Waals surface area contributed by atoms with Crippen LogP contribution in [0.2, 0.25) is 0 Å². The number of rotatable bonds is 5. The number of nitrogens with one attached hydrogen (secondary N) is 3. The fourth-order valence-electron chi connectivity index (χ4n) is 4.76. The molecule has 3 N–H and O–H groups in total. The van der Waals surface area contributed by atoms with E-state index >= 15 is 0 Å². The highest BCUT2D eigenvalue weighted by Gasteiger charge is 2.38. The Morgan fingerprint density at radius 1 is 1.22 bits per heavy atom. The number of carbonyl (C=O) groups excluding carboxylic acids is 2. The summed E-state index contributed by atoms with van der Waals surface area (Å²) in [6.45, 7) is 0.462. The molecule has 5 aromatic rings. The number of H-pyrrole nitrogens is 1. The number of halogens is 1. The molecule has 1 atom stereocenters. The third-order valence-corrected chi connectivity index (χ3v) is 7.11. The first-order chi connectivity index (χ1) is 17.5. The Bertz CT molecular complexity index is 1620. The molecule has 4 heterocycles. The van der Waals surface area contributed by atoms with Gasteiger partial charge in [0.1, 0.15) is 22.9 Å². The lowest BCUT2D eigenvalue weighted by Crippen LogP contribution is -2.52. The van der Waals surface area contributed by atoms with Gasteiger partial charge in [0.2, 0.25) is 5.91 Å². The number of likely N-dealkylation sites (N-methyl/N-ethyl adjacent to an activating group) is 1. The van der Waals surface area contributed by atoms with Gasteiger partial charge in [-0.15, -0.1) is 0 Å². The number of anilines is 1. The van der Waals surface area contributed by atoms with E-state index in [1.54, 1.807) is 18.2 Å². The molecule has 0 spiro atoms. The van der Waals surface area contributed by atoms with Gasteiger partial charge in [-0.05, 0) is 42.0 Å². The summed E-state index contributed by atoms with van der Waals surface area (Å²) >= 11 is 1.15. The maximum atomic E-state index is 14.6. The lowest BCUT2D eigenvalue weighted by molar-refractivity contribution is -0.125. The van der Waals surface area contributed by atoms with Gasteiger partial charge in [-0.2, -0.15) is 8.75 Å². The van der Waals surface area contributed by atoms with Gasteiger partial charge in [-0.3, -0.25) is 9.59 Å². The van der Waals surface area contributed by atoms with Crippen LogP contribution >= 0.6 is 11.7 Å². The number of hydrogen-bond donors (Lipinski definition) is 3. The average molecular weight is 505 g/mol. The zero-order chi connectivity index (χ0) is 24.8. The molecule has 2 amide bonds. The van der Waals surface area contributed by atoms with E-state index in [1.807, 2.05) is 18.2 Å². The third kappa shape index (κ3) is 3.68. The third-order valence-electron chi connectivity index (χ3n) is 6.56. The van der Waals surface area contributed by atoms with Gasteiger partial charge in [0.25, 0.3) is 5.91 Å². The lowest BCUT2D eigenvalue weighted by atomic mass is 9.95. The second-order valence-corrected chi connectivity index (χ2v) is 9.14. The zero-order valence-electron chi connectivity index (χ0n) is 19.2. The highest BCUT2D eigenvalue weighted by Crippen LogP contribution is 2.33. The van der Waals surface area contributed by atoms with Crippen molar-refractivity contribution in [1.29, 1.82) is 0 Å². The van der Waals surface area contributed by atoms with Crippen LogP contribution in [0.3, 0.4) is 0 Å². The molecule has 9 nitrogen and oxygen atoms in total. The summed E-state index contributed by atoms with van der Waals surface area (Å²) in [6.07, 6.45) is 1.65. The Labute approximate surface area is 208 Å². The van der Waals surface area contributed by atoms with Crippen molar-refractivity contribution < 1.29 is 18.4 Å². The van der Waals surface area contributed by atoms with Gasteiger partial charge in [0.05, 0.1) is 24.5 Å². The number of nitrogens with zero attached hydrogens (tertiary/aromatic N) is 3. The minimum Gasteiger partial charge on any atom is -0.459 e. The van der Waals surface area contributed by atoms with Crippen LogP contribution in [0, 0.1) is 5.82 Å². The Morgan fingerprint density at radius 2 is 2.08 bits per heavy atom. The Kier molecular flexibility index (Phi) is 5.41. The fraction of sp³-hybridized carbons (Fsp3) is 0.200. The van der Waals surface area contributed by atoms with E-state index in [2.05, 4.69) is 24.4 Å². The first-order valence-electron chi connectivity index (χ1n) is 11.4. The van der Waals surface area contributed by atoms with Gasteiger partial charge in [-0.25, -0.2) is 4.39 Å². The van der Waals surface area contributed by atoms with Crippen molar-refractivity contribution >= 4 is 51.2 Å². The van der Waals surface area contributed by atoms with Gasteiger partial charge < -0.3 is 24.9 Å². The molecule has 0 saturated carbocycles. The van der Waals surface area contributed by atoms with Crippen molar-refractivity contribution in [3.8, 4) is 0 Å². The van der Waals surface area contributed by atoms with E-state index in [1.165, 1.54) is 24.3 Å². The standard InChI is InChI=1S/C25H21FN6O3S/c1-27-24(33)21-10-15-20(29-18-4-2-3-16(26)22(15)18)12-32(21)25(34)23-13(7-8-35-23)11-28-14-5-6-17-19(9-14)31-36-30-17/h2-9,21,28-29H,10-12H2,1H3,(H,27,33). The quantitative estimate of drug-likeness (QED) is 0.335. The molecule has 182 valence electrons. The summed E-state index contributed by atoms with van der Waals surface area (Å²) in [4.78, 5) is 31.2. The predicted octanol–water partition coefficient (Wildman–Crippen LogP) is 3.83. The summed E-state index contributed by atoms with van der Waals surface area (Å²) in [5.74, 6) is -0.935. The second-order valence-electron chi connectivity index (χ2n) is 8.61. The lowest BCUT2D eigenvalue weighted by Gasteiger charge is -2.34. The van der Waals surface area contributed by atoms with Crippen molar-refractivity contribution in [2.45, 2.75) is 25.6 Å². The van der Waals surface area contributed by atoms with Crippen LogP contribution in [0.4, 0.5) is 10.1 Å². The first kappa shape index (κ1) is 22.2. The van der Waals surface area contributed by atoms with E-state index in [4.69, 9.17) is 4.42 Å². The summed E-state index contributed by atoms with van der Waals surface area (Å²) in [6, 6.07) is 11.4. The predicted molar refractivity (Wildman–Crippen MR) is 133 cm³/mol. The molecule has 11 heteroatoms. The van der Waals surface area contributed by atoms with Crippen LogP contribution in [-0.2, 0) is 24.3 Å². The van der Waals surface area contributed by atoms with Crippen LogP contribution in [-0.4, -0.2) is 43.5 Å². The summed E-state index contributed by atoms with van der Waals surface area (Å²) < 4.78 is 28.7. The zero-order valence-corrected chi connectivity index (χ0v) is 20.0. The molecular formula is C25H21FN6O3S. The average Bonchev–Trinajstić information content (AvgIpc) is 3.63. The van der Waals surface area contributed by atoms with Gasteiger partial charge in [0.15, 0.2) is 5.76 Å². The molecule has 1 unspecified atom stereocenters. The Hall–Kier alpha value is -4.25. The number of aromatic amines is 1. The minimum atomic E-state index is -0.806. The summed E-state index contributed by atoms with van der Waals surface area (Å²) in [5, 5.41) is 6.39. The number of furan rings is 1. The Balaban J connectivity index is 1.29. The van der Waals surface area contributed by atoms with E-state index in [9.17, 15) is 14.0 Å². The van der Waals surface area contributed by atoms with Crippen LogP contribution < -0.4 is 10.6 Å². The van der Waals surface area contributed by atoms with E-state index in [0.717, 1.165) is 28.4 Å². The molecule has 0 aliphatic carbocycles. The van der Waals surface area contributed by atoms with Crippen LogP contribution in [0.25, 0.3) is 21.9 Å². The van der Waals surface area contributed by atoms with Gasteiger partial charge in [-0.1, -0.05) is 6.07 Å². The monoisotopic (exact) mass is 504 g/mol. The fourth-order valence-corrected chi connectivity index (χ4v) is 5.28. The van der Waals surface area contributed by atoms with Crippen LogP contribution in [0.1, 0.15) is 27.4 Å². The number of carbonyl (C=O) groups is 2. The molecule has 0 saturated heterocycles. The van der Waals surface area contributed by atoms with Gasteiger partial charge >= 0.3 is 0 Å². The minimum absolute atomic E-state index is 0.126.